The Bertz CT molecular complexity index is 1410. The van der Waals surface area contributed by atoms with Gasteiger partial charge in [-0.3, -0.25) is 9.59 Å². The van der Waals surface area contributed by atoms with Crippen LogP contribution in [0, 0.1) is 5.82 Å². The van der Waals surface area contributed by atoms with Gasteiger partial charge in [0, 0.05) is 45.4 Å². The molecule has 1 saturated heterocycles. The molecule has 1 atom stereocenters. The van der Waals surface area contributed by atoms with Crippen molar-refractivity contribution in [2.24, 2.45) is 0 Å². The maximum Gasteiger partial charge on any atom is 0.260 e. The minimum absolute atomic E-state index is 0.0295. The van der Waals surface area contributed by atoms with Crippen LogP contribution in [0.2, 0.25) is 0 Å². The number of hydrogen-bond acceptors (Lipinski definition) is 7. The van der Waals surface area contributed by atoms with Gasteiger partial charge < -0.3 is 29.7 Å². The van der Waals surface area contributed by atoms with Gasteiger partial charge in [0.2, 0.25) is 0 Å². The van der Waals surface area contributed by atoms with Crippen molar-refractivity contribution in [3.8, 4) is 5.75 Å². The van der Waals surface area contributed by atoms with Crippen LogP contribution in [0.5, 0.6) is 5.75 Å². The zero-order valence-electron chi connectivity index (χ0n) is 22.2. The molecule has 2 aromatic carbocycles. The zero-order chi connectivity index (χ0) is 27.1. The topological polar surface area (TPSA) is 81.2 Å². The summed E-state index contributed by atoms with van der Waals surface area (Å²) in [6, 6.07) is 12.1. The highest BCUT2D eigenvalue weighted by Crippen LogP contribution is 2.40. The number of fused-ring (bicyclic) bond motifs is 2. The molecule has 3 heterocycles. The normalized spacial score (nSPS) is 16.9. The molecule has 1 aromatic heterocycles. The molecule has 5 rings (SSSR count). The fraction of sp³-hybridized carbons (Fsp3) is 0.321. The number of likely N-dealkylation sites (N-methyl/N-ethyl adjacent to an activating group) is 1. The lowest BCUT2D eigenvalue weighted by molar-refractivity contribution is 0.0778. The zero-order valence-corrected chi connectivity index (χ0v) is 22.2. The molecular weight excluding hydrogens is 487 g/mol. The summed E-state index contributed by atoms with van der Waals surface area (Å²) in [7, 11) is 9.02. The molecule has 10 heteroatoms. The van der Waals surface area contributed by atoms with Crippen molar-refractivity contribution in [2.75, 3.05) is 63.5 Å². The van der Waals surface area contributed by atoms with Crippen LogP contribution in [-0.2, 0) is 0 Å². The Kier molecular flexibility index (Phi) is 6.66. The monoisotopic (exact) mass is 518 g/mol. The second kappa shape index (κ2) is 9.94. The number of pyridine rings is 1. The lowest BCUT2D eigenvalue weighted by Gasteiger charge is -2.23. The number of anilines is 5. The van der Waals surface area contributed by atoms with E-state index in [4.69, 9.17) is 4.74 Å². The van der Waals surface area contributed by atoms with Crippen LogP contribution in [-0.4, -0.2) is 81.0 Å². The minimum atomic E-state index is -0.641. The number of aromatic nitrogens is 1. The number of nitrogens with one attached hydrogen (secondary N) is 1. The highest BCUT2D eigenvalue weighted by Gasteiger charge is 2.31. The number of likely N-dealkylation sites (tertiary alicyclic amines) is 1. The molecule has 0 saturated carbocycles. The molecule has 9 nitrogen and oxygen atoms in total. The molecule has 2 aliphatic heterocycles. The van der Waals surface area contributed by atoms with E-state index in [1.54, 1.807) is 35.2 Å². The van der Waals surface area contributed by atoms with Gasteiger partial charge in [-0.1, -0.05) is 12.1 Å². The summed E-state index contributed by atoms with van der Waals surface area (Å²) in [6.45, 7) is 1.14. The smallest absolute Gasteiger partial charge is 0.260 e. The van der Waals surface area contributed by atoms with Crippen molar-refractivity contribution in [1.82, 2.24) is 14.8 Å². The number of nitrogens with zero attached hydrogens (tertiary/aromatic N) is 5. The van der Waals surface area contributed by atoms with Crippen LogP contribution < -0.4 is 19.9 Å². The number of ether oxygens (including phenoxy) is 1. The summed E-state index contributed by atoms with van der Waals surface area (Å²) in [4.78, 5) is 37.9. The van der Waals surface area contributed by atoms with E-state index in [1.165, 1.54) is 19.2 Å². The predicted molar refractivity (Wildman–Crippen MR) is 146 cm³/mol. The van der Waals surface area contributed by atoms with Gasteiger partial charge in [-0.2, -0.15) is 0 Å². The maximum absolute atomic E-state index is 15.3. The van der Waals surface area contributed by atoms with E-state index < -0.39 is 5.82 Å². The molecule has 0 bridgehead atoms. The lowest BCUT2D eigenvalue weighted by atomic mass is 10.1. The van der Waals surface area contributed by atoms with E-state index in [0.29, 0.717) is 41.6 Å². The van der Waals surface area contributed by atoms with E-state index in [-0.39, 0.29) is 23.4 Å². The quantitative estimate of drug-likeness (QED) is 0.545. The first-order valence-corrected chi connectivity index (χ1v) is 12.4. The van der Waals surface area contributed by atoms with Crippen molar-refractivity contribution in [1.29, 1.82) is 0 Å². The number of methoxy groups -OCH3 is 1. The molecule has 3 aromatic rings. The summed E-state index contributed by atoms with van der Waals surface area (Å²) < 4.78 is 20.8. The summed E-state index contributed by atoms with van der Waals surface area (Å²) >= 11 is 0. The van der Waals surface area contributed by atoms with Crippen molar-refractivity contribution in [3.05, 3.63) is 65.6 Å². The Labute approximate surface area is 221 Å². The summed E-state index contributed by atoms with van der Waals surface area (Å²) in [5.74, 6) is -0.375. The molecule has 0 aliphatic carbocycles. The van der Waals surface area contributed by atoms with E-state index in [1.807, 2.05) is 44.2 Å². The Morgan fingerprint density at radius 2 is 1.87 bits per heavy atom. The lowest BCUT2D eigenvalue weighted by Crippen LogP contribution is -2.34. The number of hydrogen-bond donors (Lipinski definition) is 1. The van der Waals surface area contributed by atoms with Gasteiger partial charge in [0.15, 0.2) is 0 Å². The number of amides is 2. The first-order valence-electron chi connectivity index (χ1n) is 12.4. The molecule has 2 amide bonds. The first-order chi connectivity index (χ1) is 18.2. The largest absolute Gasteiger partial charge is 0.495 e. The van der Waals surface area contributed by atoms with Gasteiger partial charge in [-0.25, -0.2) is 9.37 Å². The fourth-order valence-corrected chi connectivity index (χ4v) is 5.04. The van der Waals surface area contributed by atoms with Crippen LogP contribution >= 0.6 is 0 Å². The molecule has 2 aliphatic rings. The molecule has 1 fully saturated rings. The Morgan fingerprint density at radius 1 is 1.11 bits per heavy atom. The van der Waals surface area contributed by atoms with Crippen LogP contribution in [0.1, 0.15) is 27.1 Å². The second-order valence-electron chi connectivity index (χ2n) is 9.81. The summed E-state index contributed by atoms with van der Waals surface area (Å²) in [5, 5.41) is 3.13. The van der Waals surface area contributed by atoms with Crippen molar-refractivity contribution >= 4 is 40.4 Å². The molecule has 0 radical (unpaired) electrons. The molecule has 198 valence electrons. The van der Waals surface area contributed by atoms with Gasteiger partial charge in [0.05, 0.1) is 47.2 Å². The van der Waals surface area contributed by atoms with Crippen LogP contribution in [0.4, 0.5) is 33.0 Å². The molecule has 0 unspecified atom stereocenters. The molecule has 0 spiro atoms. The van der Waals surface area contributed by atoms with E-state index in [0.717, 1.165) is 17.8 Å². The third kappa shape index (κ3) is 4.41. The molecular formula is C28H31FN6O3. The summed E-state index contributed by atoms with van der Waals surface area (Å²) in [6.07, 6.45) is 2.45. The second-order valence-corrected chi connectivity index (χ2v) is 9.81. The molecule has 1 N–H and O–H groups in total. The summed E-state index contributed by atoms with van der Waals surface area (Å²) in [5.41, 5.74) is 3.05. The van der Waals surface area contributed by atoms with Gasteiger partial charge in [-0.05, 0) is 38.7 Å². The number of rotatable bonds is 5. The third-order valence-corrected chi connectivity index (χ3v) is 7.35. The number of halogens is 1. The highest BCUT2D eigenvalue weighted by atomic mass is 19.1. The van der Waals surface area contributed by atoms with Gasteiger partial charge in [-0.15, -0.1) is 0 Å². The Hall–Kier alpha value is -4.18. The third-order valence-electron chi connectivity index (χ3n) is 7.35. The van der Waals surface area contributed by atoms with Crippen molar-refractivity contribution < 1.29 is 18.7 Å². The van der Waals surface area contributed by atoms with Gasteiger partial charge >= 0.3 is 0 Å². The SMILES string of the molecule is COc1cc(C(=O)N2CC[C@H](N(C)C)C2)c(F)cc1Nc1cc2c(cn1)N(C)C(=O)c1ccccc1N2C. The Morgan fingerprint density at radius 3 is 2.58 bits per heavy atom. The highest BCUT2D eigenvalue weighted by molar-refractivity contribution is 6.13. The van der Waals surface area contributed by atoms with Gasteiger partial charge in [0.25, 0.3) is 11.8 Å². The average molecular weight is 519 g/mol. The van der Waals surface area contributed by atoms with E-state index in [9.17, 15) is 9.59 Å². The van der Waals surface area contributed by atoms with Crippen LogP contribution in [0.25, 0.3) is 0 Å². The van der Waals surface area contributed by atoms with Crippen LogP contribution in [0.15, 0.2) is 48.7 Å². The Balaban J connectivity index is 1.45. The minimum Gasteiger partial charge on any atom is -0.495 e. The number of carbonyl (C=O) groups excluding carboxylic acids is 2. The van der Waals surface area contributed by atoms with Crippen LogP contribution in [0.3, 0.4) is 0 Å². The average Bonchev–Trinajstić information content (AvgIpc) is 3.40. The van der Waals surface area contributed by atoms with Crippen molar-refractivity contribution in [2.45, 2.75) is 12.5 Å². The van der Waals surface area contributed by atoms with E-state index in [2.05, 4.69) is 15.2 Å². The predicted octanol–water partition coefficient (Wildman–Crippen LogP) is 4.11. The number of benzene rings is 2. The number of para-hydroxylation sites is 1. The fourth-order valence-electron chi connectivity index (χ4n) is 5.04. The van der Waals surface area contributed by atoms with Gasteiger partial charge in [0.1, 0.15) is 17.4 Å². The standard InChI is InChI=1S/C28H31FN6O3/c1-32(2)17-10-11-35(16-17)28(37)19-12-25(38-5)21(13-20(19)29)31-26-14-23-24(15-30-26)34(4)27(36)18-8-6-7-9-22(18)33(23)3/h6-9,12-15,17H,10-11,16H2,1-5H3,(H,30,31)/t17-/m0/s1. The maximum atomic E-state index is 15.3. The first kappa shape index (κ1) is 25.5. The van der Waals surface area contributed by atoms with Crippen molar-refractivity contribution in [3.63, 3.8) is 0 Å². The van der Waals surface area contributed by atoms with E-state index >= 15 is 4.39 Å². The number of carbonyl (C=O) groups is 2. The molecule has 38 heavy (non-hydrogen) atoms.